The van der Waals surface area contributed by atoms with E-state index in [1.807, 2.05) is 6.92 Å². The minimum atomic E-state index is -0.957. The molecule has 1 N–H and O–H groups in total. The summed E-state index contributed by atoms with van der Waals surface area (Å²) in [5, 5.41) is 2.59. The molecule has 0 aliphatic heterocycles. The molecule has 0 aliphatic rings. The largest absolute Gasteiger partial charge is 0.464 e. The number of esters is 3. The Morgan fingerprint density at radius 3 is 1.92 bits per heavy atom. The lowest BCUT2D eigenvalue weighted by Gasteiger charge is -2.32. The van der Waals surface area contributed by atoms with Crippen LogP contribution in [0.3, 0.4) is 0 Å². The number of hydrogen-bond donors (Lipinski definition) is 1. The number of amides is 1. The monoisotopic (exact) mass is 345 g/mol. The van der Waals surface area contributed by atoms with Gasteiger partial charge in [-0.25, -0.2) is 0 Å². The van der Waals surface area contributed by atoms with Crippen molar-refractivity contribution in [2.75, 3.05) is 6.61 Å². The highest BCUT2D eigenvalue weighted by atomic mass is 16.6. The maximum absolute atomic E-state index is 11.5. The first kappa shape index (κ1) is 21.9. The van der Waals surface area contributed by atoms with E-state index in [9.17, 15) is 19.2 Å². The minimum Gasteiger partial charge on any atom is -0.464 e. The molecule has 0 saturated carbocycles. The average Bonchev–Trinajstić information content (AvgIpc) is 2.44. The van der Waals surface area contributed by atoms with Gasteiger partial charge in [-0.15, -0.1) is 0 Å². The summed E-state index contributed by atoms with van der Waals surface area (Å²) in [5.41, 5.74) is 0. The molecule has 24 heavy (non-hydrogen) atoms. The van der Waals surface area contributed by atoms with Crippen molar-refractivity contribution in [3.05, 3.63) is 0 Å². The first-order valence-electron chi connectivity index (χ1n) is 7.92. The van der Waals surface area contributed by atoms with Gasteiger partial charge in [0.1, 0.15) is 18.8 Å². The quantitative estimate of drug-likeness (QED) is 0.466. The van der Waals surface area contributed by atoms with Crippen molar-refractivity contribution in [1.29, 1.82) is 0 Å². The summed E-state index contributed by atoms with van der Waals surface area (Å²) in [5.74, 6) is -2.04. The molecular formula is C16H27NO7. The molecule has 8 heteroatoms. The lowest BCUT2D eigenvalue weighted by Crippen LogP contribution is -2.53. The van der Waals surface area contributed by atoms with E-state index in [1.165, 1.54) is 27.7 Å². The summed E-state index contributed by atoms with van der Waals surface area (Å²) in [4.78, 5) is 45.4. The van der Waals surface area contributed by atoms with Crippen molar-refractivity contribution in [3.8, 4) is 0 Å². The van der Waals surface area contributed by atoms with Gasteiger partial charge in [0.25, 0.3) is 0 Å². The molecule has 138 valence electrons. The van der Waals surface area contributed by atoms with Gasteiger partial charge in [-0.1, -0.05) is 13.3 Å². The second-order valence-corrected chi connectivity index (χ2v) is 5.47. The molecule has 0 heterocycles. The number of ether oxygens (including phenoxy) is 3. The van der Waals surface area contributed by atoms with Crippen molar-refractivity contribution in [1.82, 2.24) is 5.32 Å². The van der Waals surface area contributed by atoms with Gasteiger partial charge in [-0.2, -0.15) is 0 Å². The average molecular weight is 345 g/mol. The molecule has 1 amide bonds. The number of carbonyl (C=O) groups is 4. The van der Waals surface area contributed by atoms with Gasteiger partial charge in [-0.05, 0) is 12.8 Å². The van der Waals surface area contributed by atoms with E-state index >= 15 is 0 Å². The second kappa shape index (κ2) is 11.4. The zero-order valence-corrected chi connectivity index (χ0v) is 14.9. The van der Waals surface area contributed by atoms with Crippen LogP contribution in [0.25, 0.3) is 0 Å². The highest BCUT2D eigenvalue weighted by Gasteiger charge is 2.35. The van der Waals surface area contributed by atoms with Gasteiger partial charge in [0.2, 0.25) is 5.91 Å². The molecule has 0 spiro atoms. The Hall–Kier alpha value is -2.12. The van der Waals surface area contributed by atoms with Crippen LogP contribution < -0.4 is 5.32 Å². The molecule has 8 nitrogen and oxygen atoms in total. The Morgan fingerprint density at radius 2 is 1.50 bits per heavy atom. The number of carbonyl (C=O) groups excluding carboxylic acids is 4. The summed E-state index contributed by atoms with van der Waals surface area (Å²) < 4.78 is 15.5. The van der Waals surface area contributed by atoms with Crippen molar-refractivity contribution >= 4 is 23.8 Å². The molecule has 0 aliphatic carbocycles. The highest BCUT2D eigenvalue weighted by molar-refractivity contribution is 5.73. The molecule has 0 aromatic rings. The Balaban J connectivity index is 5.45. The van der Waals surface area contributed by atoms with Gasteiger partial charge >= 0.3 is 17.9 Å². The van der Waals surface area contributed by atoms with Gasteiger partial charge in [0.15, 0.2) is 6.10 Å². The molecule has 0 unspecified atom stereocenters. The van der Waals surface area contributed by atoms with Crippen LogP contribution >= 0.6 is 0 Å². The molecule has 3 atom stereocenters. The molecule has 0 rings (SSSR count). The summed E-state index contributed by atoms with van der Waals surface area (Å²) in [6.07, 6.45) is 0.319. The summed E-state index contributed by atoms with van der Waals surface area (Å²) in [6.45, 7) is 6.76. The Morgan fingerprint density at radius 1 is 0.917 bits per heavy atom. The minimum absolute atomic E-state index is 0.198. The van der Waals surface area contributed by atoms with Crippen molar-refractivity contribution in [3.63, 3.8) is 0 Å². The Bertz CT molecular complexity index is 450. The lowest BCUT2D eigenvalue weighted by molar-refractivity contribution is -0.171. The molecule has 0 bridgehead atoms. The highest BCUT2D eigenvalue weighted by Crippen LogP contribution is 2.17. The maximum atomic E-state index is 11.5. The van der Waals surface area contributed by atoms with E-state index in [2.05, 4.69) is 5.32 Å². The molecule has 0 aromatic heterocycles. The van der Waals surface area contributed by atoms with Crippen LogP contribution in [0, 0.1) is 0 Å². The predicted octanol–water partition coefficient (Wildman–Crippen LogP) is 1.11. The summed E-state index contributed by atoms with van der Waals surface area (Å²) in [7, 11) is 0. The number of unbranched alkanes of at least 4 members (excludes halogenated alkanes) is 1. The SMILES string of the molecule is CCCC[C@H](OC(C)=O)[C@H](OC(C)=O)[C@@H](COC(C)=O)NC(C)=O. The molecule has 0 radical (unpaired) electrons. The van der Waals surface area contributed by atoms with Crippen molar-refractivity contribution < 1.29 is 33.4 Å². The molecule has 0 aromatic carbocycles. The smallest absolute Gasteiger partial charge is 0.303 e. The third-order valence-electron chi connectivity index (χ3n) is 3.08. The van der Waals surface area contributed by atoms with Crippen LogP contribution in [0.1, 0.15) is 53.9 Å². The summed E-state index contributed by atoms with van der Waals surface area (Å²) >= 11 is 0. The van der Waals surface area contributed by atoms with E-state index in [1.54, 1.807) is 0 Å². The van der Waals surface area contributed by atoms with Crippen LogP contribution in [0.15, 0.2) is 0 Å². The van der Waals surface area contributed by atoms with Crippen LogP contribution in [0.5, 0.6) is 0 Å². The van der Waals surface area contributed by atoms with Crippen LogP contribution in [-0.2, 0) is 33.4 Å². The Kier molecular flexibility index (Phi) is 10.4. The van der Waals surface area contributed by atoms with Gasteiger partial charge in [-0.3, -0.25) is 19.2 Å². The van der Waals surface area contributed by atoms with E-state index in [4.69, 9.17) is 14.2 Å². The predicted molar refractivity (Wildman–Crippen MR) is 84.9 cm³/mol. The fourth-order valence-corrected chi connectivity index (χ4v) is 2.20. The maximum Gasteiger partial charge on any atom is 0.303 e. The van der Waals surface area contributed by atoms with E-state index < -0.39 is 36.2 Å². The zero-order valence-electron chi connectivity index (χ0n) is 14.9. The van der Waals surface area contributed by atoms with Crippen molar-refractivity contribution in [2.24, 2.45) is 0 Å². The fourth-order valence-electron chi connectivity index (χ4n) is 2.20. The van der Waals surface area contributed by atoms with E-state index in [0.29, 0.717) is 6.42 Å². The molecule has 0 saturated heterocycles. The van der Waals surface area contributed by atoms with Gasteiger partial charge < -0.3 is 19.5 Å². The third-order valence-corrected chi connectivity index (χ3v) is 3.08. The lowest BCUT2D eigenvalue weighted by atomic mass is 10.00. The molecule has 0 fully saturated rings. The van der Waals surface area contributed by atoms with Crippen LogP contribution in [-0.4, -0.2) is 48.7 Å². The topological polar surface area (TPSA) is 108 Å². The molecular weight excluding hydrogens is 318 g/mol. The van der Waals surface area contributed by atoms with E-state index in [0.717, 1.165) is 12.8 Å². The first-order chi connectivity index (χ1) is 11.2. The van der Waals surface area contributed by atoms with Crippen LogP contribution in [0.4, 0.5) is 0 Å². The second-order valence-electron chi connectivity index (χ2n) is 5.47. The van der Waals surface area contributed by atoms with Gasteiger partial charge in [0, 0.05) is 27.7 Å². The first-order valence-corrected chi connectivity index (χ1v) is 7.92. The zero-order chi connectivity index (χ0) is 18.7. The van der Waals surface area contributed by atoms with Gasteiger partial charge in [0.05, 0.1) is 0 Å². The number of rotatable bonds is 10. The number of hydrogen-bond acceptors (Lipinski definition) is 7. The standard InChI is InChI=1S/C16H27NO7/c1-6-7-8-15(23-12(4)20)16(24-13(5)21)14(17-10(2)18)9-22-11(3)19/h14-16H,6-9H2,1-5H3,(H,17,18)/t14-,15+,16-/m1/s1. The van der Waals surface area contributed by atoms with Crippen LogP contribution in [0.2, 0.25) is 0 Å². The fraction of sp³-hybridized carbons (Fsp3) is 0.750. The normalized spacial score (nSPS) is 14.0. The summed E-state index contributed by atoms with van der Waals surface area (Å²) in [6, 6.07) is -0.823. The Labute approximate surface area is 142 Å². The third kappa shape index (κ3) is 9.81. The van der Waals surface area contributed by atoms with Crippen molar-refractivity contribution in [2.45, 2.75) is 72.1 Å². The number of nitrogens with one attached hydrogen (secondary N) is 1. The van der Waals surface area contributed by atoms with E-state index in [-0.39, 0.29) is 12.5 Å².